The number of aliphatic carboxylic acids is 1. The zero-order chi connectivity index (χ0) is 21.0. The van der Waals surface area contributed by atoms with Gasteiger partial charge in [-0.2, -0.15) is 13.2 Å². The number of alkyl halides is 3. The van der Waals surface area contributed by atoms with E-state index in [1.54, 1.807) is 54.6 Å². The summed E-state index contributed by atoms with van der Waals surface area (Å²) in [6, 6.07) is 15.7. The summed E-state index contributed by atoms with van der Waals surface area (Å²) >= 11 is 1.52. The Morgan fingerprint density at radius 3 is 2.28 bits per heavy atom. The molecule has 1 heterocycles. The SMILES string of the molecule is O=C(O)CSc1ccc(NC(=O)c2cc(-c3ccccc3)c(C(F)(F)F)s2)cc1. The molecular weight excluding hydrogens is 423 g/mol. The number of amides is 1. The number of hydrogen-bond donors (Lipinski definition) is 2. The summed E-state index contributed by atoms with van der Waals surface area (Å²) in [4.78, 5) is 22.9. The number of carboxylic acid groups (broad SMARTS) is 1. The van der Waals surface area contributed by atoms with Gasteiger partial charge < -0.3 is 10.4 Å². The Labute approximate surface area is 172 Å². The Kier molecular flexibility index (Phi) is 6.29. The molecule has 3 aromatic rings. The Hall–Kier alpha value is -2.78. The Balaban J connectivity index is 1.81. The minimum Gasteiger partial charge on any atom is -0.481 e. The quantitative estimate of drug-likeness (QED) is 0.474. The smallest absolute Gasteiger partial charge is 0.426 e. The van der Waals surface area contributed by atoms with Crippen molar-refractivity contribution in [1.82, 2.24) is 0 Å². The van der Waals surface area contributed by atoms with Gasteiger partial charge in [0.05, 0.1) is 10.6 Å². The first kappa shape index (κ1) is 20.9. The average molecular weight is 437 g/mol. The first-order valence-electron chi connectivity index (χ1n) is 8.26. The molecule has 0 fully saturated rings. The topological polar surface area (TPSA) is 66.4 Å². The van der Waals surface area contributed by atoms with Gasteiger partial charge in [-0.3, -0.25) is 9.59 Å². The van der Waals surface area contributed by atoms with Gasteiger partial charge in [0.1, 0.15) is 4.88 Å². The molecule has 0 unspecified atom stereocenters. The normalized spacial score (nSPS) is 11.3. The van der Waals surface area contributed by atoms with Gasteiger partial charge in [0.25, 0.3) is 5.91 Å². The monoisotopic (exact) mass is 437 g/mol. The van der Waals surface area contributed by atoms with Crippen LogP contribution in [0.4, 0.5) is 18.9 Å². The second-order valence-electron chi connectivity index (χ2n) is 5.88. The summed E-state index contributed by atoms with van der Waals surface area (Å²) in [6.07, 6.45) is -4.57. The van der Waals surface area contributed by atoms with Gasteiger partial charge in [-0.1, -0.05) is 30.3 Å². The van der Waals surface area contributed by atoms with E-state index in [1.165, 1.54) is 6.07 Å². The van der Waals surface area contributed by atoms with Crippen molar-refractivity contribution < 1.29 is 27.9 Å². The van der Waals surface area contributed by atoms with E-state index in [1.807, 2.05) is 0 Å². The molecule has 0 aliphatic carbocycles. The van der Waals surface area contributed by atoms with Crippen molar-refractivity contribution in [3.63, 3.8) is 0 Å². The van der Waals surface area contributed by atoms with Gasteiger partial charge >= 0.3 is 12.1 Å². The predicted molar refractivity (Wildman–Crippen MR) is 108 cm³/mol. The fourth-order valence-corrected chi connectivity index (χ4v) is 4.08. The van der Waals surface area contributed by atoms with Gasteiger partial charge in [-0.15, -0.1) is 23.1 Å². The molecule has 0 aliphatic rings. The van der Waals surface area contributed by atoms with Crippen LogP contribution in [0.5, 0.6) is 0 Å². The molecule has 0 saturated heterocycles. The van der Waals surface area contributed by atoms with E-state index in [0.717, 1.165) is 11.8 Å². The van der Waals surface area contributed by atoms with E-state index in [-0.39, 0.29) is 16.2 Å². The Morgan fingerprint density at radius 1 is 1.03 bits per heavy atom. The fraction of sp³-hybridized carbons (Fsp3) is 0.100. The number of hydrogen-bond acceptors (Lipinski definition) is 4. The molecule has 4 nitrogen and oxygen atoms in total. The standard InChI is InChI=1S/C20H14F3NO3S2/c21-20(22,23)18-15(12-4-2-1-3-5-12)10-16(29-18)19(27)24-13-6-8-14(9-7-13)28-11-17(25)26/h1-10H,11H2,(H,24,27)(H,25,26). The molecule has 150 valence electrons. The number of thioether (sulfide) groups is 1. The van der Waals surface area contributed by atoms with E-state index in [2.05, 4.69) is 5.32 Å². The molecule has 0 bridgehead atoms. The molecule has 2 aromatic carbocycles. The number of thiophene rings is 1. The maximum atomic E-state index is 13.4. The number of carbonyl (C=O) groups excluding carboxylic acids is 1. The van der Waals surface area contributed by atoms with Gasteiger partial charge in [-0.05, 0) is 35.9 Å². The number of halogens is 3. The van der Waals surface area contributed by atoms with Crippen molar-refractivity contribution in [1.29, 1.82) is 0 Å². The molecule has 0 spiro atoms. The summed E-state index contributed by atoms with van der Waals surface area (Å²) in [6.45, 7) is 0. The van der Waals surface area contributed by atoms with E-state index >= 15 is 0 Å². The zero-order valence-corrected chi connectivity index (χ0v) is 16.3. The second-order valence-corrected chi connectivity index (χ2v) is 7.98. The summed E-state index contributed by atoms with van der Waals surface area (Å²) in [5.74, 6) is -1.68. The van der Waals surface area contributed by atoms with Crippen LogP contribution >= 0.6 is 23.1 Å². The molecule has 3 rings (SSSR count). The summed E-state index contributed by atoms with van der Waals surface area (Å²) in [5.41, 5.74) is 0.751. The fourth-order valence-electron chi connectivity index (χ4n) is 2.52. The number of carbonyl (C=O) groups is 2. The molecule has 0 atom stereocenters. The zero-order valence-electron chi connectivity index (χ0n) is 14.7. The molecule has 0 aliphatic heterocycles. The van der Waals surface area contributed by atoms with Crippen molar-refractivity contribution in [3.05, 3.63) is 70.4 Å². The third-order valence-electron chi connectivity index (χ3n) is 3.77. The maximum absolute atomic E-state index is 13.4. The lowest BCUT2D eigenvalue weighted by Crippen LogP contribution is -2.10. The number of rotatable bonds is 6. The second kappa shape index (κ2) is 8.71. The highest BCUT2D eigenvalue weighted by molar-refractivity contribution is 8.00. The molecule has 2 N–H and O–H groups in total. The average Bonchev–Trinajstić information content (AvgIpc) is 3.14. The van der Waals surface area contributed by atoms with E-state index < -0.39 is 22.9 Å². The van der Waals surface area contributed by atoms with Crippen LogP contribution in [0.1, 0.15) is 14.5 Å². The molecule has 0 saturated carbocycles. The van der Waals surface area contributed by atoms with Crippen LogP contribution in [0.15, 0.2) is 65.6 Å². The molecule has 29 heavy (non-hydrogen) atoms. The van der Waals surface area contributed by atoms with Crippen molar-refractivity contribution in [2.75, 3.05) is 11.1 Å². The van der Waals surface area contributed by atoms with Crippen molar-refractivity contribution in [3.8, 4) is 11.1 Å². The first-order chi connectivity index (χ1) is 13.7. The van der Waals surface area contributed by atoms with Crippen LogP contribution in [0, 0.1) is 0 Å². The summed E-state index contributed by atoms with van der Waals surface area (Å²) in [7, 11) is 0. The summed E-state index contributed by atoms with van der Waals surface area (Å²) < 4.78 is 40.3. The Morgan fingerprint density at radius 2 is 1.69 bits per heavy atom. The lowest BCUT2D eigenvalue weighted by Gasteiger charge is -2.07. The molecule has 1 aromatic heterocycles. The molecule has 0 radical (unpaired) electrons. The van der Waals surface area contributed by atoms with Crippen molar-refractivity contribution in [2.24, 2.45) is 0 Å². The van der Waals surface area contributed by atoms with Crippen LogP contribution in [0.2, 0.25) is 0 Å². The number of benzene rings is 2. The van der Waals surface area contributed by atoms with Crippen LogP contribution in [-0.2, 0) is 11.0 Å². The lowest BCUT2D eigenvalue weighted by molar-refractivity contribution is -0.134. The molecule has 9 heteroatoms. The minimum atomic E-state index is -4.57. The van der Waals surface area contributed by atoms with Gasteiger partial charge in [-0.25, -0.2) is 0 Å². The van der Waals surface area contributed by atoms with Crippen molar-refractivity contribution >= 4 is 40.7 Å². The lowest BCUT2D eigenvalue weighted by atomic mass is 10.1. The largest absolute Gasteiger partial charge is 0.481 e. The van der Waals surface area contributed by atoms with Crippen molar-refractivity contribution in [2.45, 2.75) is 11.1 Å². The Bertz CT molecular complexity index is 1020. The van der Waals surface area contributed by atoms with Gasteiger partial charge in [0.2, 0.25) is 0 Å². The summed E-state index contributed by atoms with van der Waals surface area (Å²) in [5, 5.41) is 11.3. The highest BCUT2D eigenvalue weighted by Crippen LogP contribution is 2.42. The number of nitrogens with one attached hydrogen (secondary N) is 1. The van der Waals surface area contributed by atoms with Crippen LogP contribution in [0.25, 0.3) is 11.1 Å². The number of anilines is 1. The highest BCUT2D eigenvalue weighted by Gasteiger charge is 2.37. The van der Waals surface area contributed by atoms with Gasteiger partial charge in [0.15, 0.2) is 0 Å². The highest BCUT2D eigenvalue weighted by atomic mass is 32.2. The van der Waals surface area contributed by atoms with E-state index in [4.69, 9.17) is 5.11 Å². The third-order valence-corrected chi connectivity index (χ3v) is 5.95. The number of carboxylic acids is 1. The van der Waals surface area contributed by atoms with E-state index in [9.17, 15) is 22.8 Å². The third kappa shape index (κ3) is 5.39. The van der Waals surface area contributed by atoms with Crippen LogP contribution < -0.4 is 5.32 Å². The molecule has 1 amide bonds. The van der Waals surface area contributed by atoms with E-state index in [0.29, 0.717) is 27.5 Å². The maximum Gasteiger partial charge on any atom is 0.426 e. The van der Waals surface area contributed by atoms with Gasteiger partial charge in [0, 0.05) is 16.1 Å². The van der Waals surface area contributed by atoms with Crippen LogP contribution in [0.3, 0.4) is 0 Å². The minimum absolute atomic E-state index is 0.0336. The first-order valence-corrected chi connectivity index (χ1v) is 10.1. The molecular formula is C20H14F3NO3S2. The predicted octanol–water partition coefficient (Wildman–Crippen LogP) is 5.86. The van der Waals surface area contributed by atoms with Crippen LogP contribution in [-0.4, -0.2) is 22.7 Å².